The van der Waals surface area contributed by atoms with Crippen molar-refractivity contribution in [2.75, 3.05) is 0 Å². The summed E-state index contributed by atoms with van der Waals surface area (Å²) in [5.74, 6) is -1.28. The highest BCUT2D eigenvalue weighted by Crippen LogP contribution is 2.15. The van der Waals surface area contributed by atoms with Gasteiger partial charge in [-0.2, -0.15) is 10.2 Å². The van der Waals surface area contributed by atoms with Gasteiger partial charge in [0.05, 0.1) is 22.8 Å². The van der Waals surface area contributed by atoms with Crippen molar-refractivity contribution in [3.63, 3.8) is 0 Å². The number of hydrogen-bond donors (Lipinski definition) is 2. The molecule has 0 bridgehead atoms. The summed E-state index contributed by atoms with van der Waals surface area (Å²) in [5.41, 5.74) is 1.98. The highest BCUT2D eigenvalue weighted by atomic mass is 16.4. The molecule has 0 atom stereocenters. The molecule has 1 amide bonds. The molecule has 1 heterocycles. The molecule has 114 valence electrons. The maximum Gasteiger partial charge on any atom is 0.335 e. The summed E-state index contributed by atoms with van der Waals surface area (Å²) in [6, 6.07) is 13.7. The Morgan fingerprint density at radius 2 is 1.91 bits per heavy atom. The number of amides is 1. The molecule has 1 aromatic heterocycles. The molecular formula is C17H13N3O3. The van der Waals surface area contributed by atoms with Crippen molar-refractivity contribution >= 4 is 22.8 Å². The van der Waals surface area contributed by atoms with Gasteiger partial charge in [-0.25, -0.2) is 4.79 Å². The van der Waals surface area contributed by atoms with Gasteiger partial charge in [0.2, 0.25) is 0 Å². The van der Waals surface area contributed by atoms with E-state index in [0.717, 1.165) is 5.39 Å². The van der Waals surface area contributed by atoms with Gasteiger partial charge in [-0.1, -0.05) is 30.3 Å². The second-order valence-electron chi connectivity index (χ2n) is 4.96. The van der Waals surface area contributed by atoms with Gasteiger partial charge in [-0.3, -0.25) is 4.79 Å². The van der Waals surface area contributed by atoms with Gasteiger partial charge in [-0.05, 0) is 23.8 Å². The fraction of sp³-hybridized carbons (Fsp3) is 0.0588. The number of nitrogens with zero attached hydrogens (tertiary/aromatic N) is 2. The maximum absolute atomic E-state index is 12.4. The Balaban J connectivity index is 1.79. The average Bonchev–Trinajstić information content (AvgIpc) is 2.59. The van der Waals surface area contributed by atoms with Gasteiger partial charge in [0.25, 0.3) is 5.91 Å². The fourth-order valence-electron chi connectivity index (χ4n) is 2.28. The summed E-state index contributed by atoms with van der Waals surface area (Å²) >= 11 is 0. The first-order valence-corrected chi connectivity index (χ1v) is 6.96. The molecule has 0 saturated carbocycles. The zero-order valence-electron chi connectivity index (χ0n) is 12.1. The predicted octanol–water partition coefficient (Wildman–Crippen LogP) is 2.26. The molecule has 0 fully saturated rings. The van der Waals surface area contributed by atoms with Gasteiger partial charge < -0.3 is 10.4 Å². The molecule has 6 nitrogen and oxygen atoms in total. The van der Waals surface area contributed by atoms with Crippen LogP contribution in [0, 0.1) is 0 Å². The van der Waals surface area contributed by atoms with Crippen molar-refractivity contribution in [3.05, 3.63) is 71.4 Å². The summed E-state index contributed by atoms with van der Waals surface area (Å²) < 4.78 is 0. The number of rotatable bonds is 4. The molecule has 3 rings (SSSR count). The lowest BCUT2D eigenvalue weighted by atomic mass is 10.1. The summed E-state index contributed by atoms with van der Waals surface area (Å²) in [6.45, 7) is 0.233. The van der Waals surface area contributed by atoms with Gasteiger partial charge in [0.1, 0.15) is 0 Å². The molecule has 0 saturated heterocycles. The van der Waals surface area contributed by atoms with Crippen LogP contribution in [0.1, 0.15) is 26.3 Å². The van der Waals surface area contributed by atoms with E-state index in [9.17, 15) is 9.59 Å². The first kappa shape index (κ1) is 14.6. The van der Waals surface area contributed by atoms with Gasteiger partial charge >= 0.3 is 5.97 Å². The third kappa shape index (κ3) is 3.16. The fourth-order valence-corrected chi connectivity index (χ4v) is 2.28. The zero-order chi connectivity index (χ0) is 16.2. The molecule has 0 spiro atoms. The largest absolute Gasteiger partial charge is 0.478 e. The predicted molar refractivity (Wildman–Crippen MR) is 84.1 cm³/mol. The number of carboxylic acid groups (broad SMARTS) is 1. The first-order valence-electron chi connectivity index (χ1n) is 6.96. The van der Waals surface area contributed by atoms with Crippen molar-refractivity contribution in [2.24, 2.45) is 0 Å². The average molecular weight is 307 g/mol. The van der Waals surface area contributed by atoms with Crippen LogP contribution < -0.4 is 5.32 Å². The molecule has 6 heteroatoms. The van der Waals surface area contributed by atoms with Crippen molar-refractivity contribution in [3.8, 4) is 0 Å². The molecule has 0 aliphatic carbocycles. The molecule has 2 aromatic carbocycles. The van der Waals surface area contributed by atoms with Crippen LogP contribution in [0.2, 0.25) is 0 Å². The van der Waals surface area contributed by atoms with Crippen molar-refractivity contribution < 1.29 is 14.7 Å². The van der Waals surface area contributed by atoms with E-state index in [-0.39, 0.29) is 18.0 Å². The highest BCUT2D eigenvalue weighted by Gasteiger charge is 2.11. The third-order valence-electron chi connectivity index (χ3n) is 3.42. The Bertz CT molecular complexity index is 888. The number of nitrogens with one attached hydrogen (secondary N) is 1. The number of carboxylic acids is 1. The van der Waals surface area contributed by atoms with Crippen LogP contribution in [0.4, 0.5) is 0 Å². The Labute approximate surface area is 131 Å². The van der Waals surface area contributed by atoms with Crippen molar-refractivity contribution in [1.82, 2.24) is 15.5 Å². The van der Waals surface area contributed by atoms with Crippen molar-refractivity contribution in [2.45, 2.75) is 6.54 Å². The van der Waals surface area contributed by atoms with E-state index in [1.807, 2.05) is 18.2 Å². The molecule has 0 aliphatic heterocycles. The lowest BCUT2D eigenvalue weighted by Gasteiger charge is -2.07. The van der Waals surface area contributed by atoms with E-state index >= 15 is 0 Å². The normalized spacial score (nSPS) is 10.4. The summed E-state index contributed by atoms with van der Waals surface area (Å²) in [6.07, 6.45) is 1.42. The third-order valence-corrected chi connectivity index (χ3v) is 3.42. The minimum Gasteiger partial charge on any atom is -0.478 e. The molecule has 2 N–H and O–H groups in total. The summed E-state index contributed by atoms with van der Waals surface area (Å²) in [4.78, 5) is 23.3. The van der Waals surface area contributed by atoms with Crippen LogP contribution in [0.3, 0.4) is 0 Å². The minimum absolute atomic E-state index is 0.188. The summed E-state index contributed by atoms with van der Waals surface area (Å²) in [7, 11) is 0. The van der Waals surface area contributed by atoms with Crippen LogP contribution in [-0.4, -0.2) is 27.2 Å². The summed E-state index contributed by atoms with van der Waals surface area (Å²) in [5, 5.41) is 20.3. The molecule has 0 radical (unpaired) electrons. The quantitative estimate of drug-likeness (QED) is 0.771. The van der Waals surface area contributed by atoms with E-state index in [4.69, 9.17) is 5.11 Å². The number of carbonyl (C=O) groups is 2. The Morgan fingerprint density at radius 3 is 2.74 bits per heavy atom. The molecule has 0 unspecified atom stereocenters. The van der Waals surface area contributed by atoms with Crippen LogP contribution in [0.5, 0.6) is 0 Å². The van der Waals surface area contributed by atoms with Gasteiger partial charge in [-0.15, -0.1) is 0 Å². The van der Waals surface area contributed by atoms with E-state index < -0.39 is 5.97 Å². The van der Waals surface area contributed by atoms with E-state index in [1.165, 1.54) is 18.3 Å². The van der Waals surface area contributed by atoms with E-state index in [2.05, 4.69) is 15.5 Å². The number of hydrogen-bond acceptors (Lipinski definition) is 4. The Morgan fingerprint density at radius 1 is 1.09 bits per heavy atom. The van der Waals surface area contributed by atoms with Crippen molar-refractivity contribution in [1.29, 1.82) is 0 Å². The van der Waals surface area contributed by atoms with Gasteiger partial charge in [0.15, 0.2) is 0 Å². The van der Waals surface area contributed by atoms with E-state index in [1.54, 1.807) is 18.2 Å². The molecule has 0 aliphatic rings. The number of aromatic carboxylic acids is 1. The molecule has 23 heavy (non-hydrogen) atoms. The van der Waals surface area contributed by atoms with Crippen LogP contribution in [0.15, 0.2) is 54.7 Å². The monoisotopic (exact) mass is 307 g/mol. The lowest BCUT2D eigenvalue weighted by Crippen LogP contribution is -2.23. The zero-order valence-corrected chi connectivity index (χ0v) is 12.1. The highest BCUT2D eigenvalue weighted by molar-refractivity contribution is 6.05. The number of benzene rings is 2. The second-order valence-corrected chi connectivity index (χ2v) is 4.96. The van der Waals surface area contributed by atoms with Crippen LogP contribution >= 0.6 is 0 Å². The van der Waals surface area contributed by atoms with Crippen LogP contribution in [-0.2, 0) is 6.54 Å². The standard InChI is InChI=1S/C17H13N3O3/c21-16(14-10-19-20-15-7-2-1-6-13(14)15)18-9-11-4-3-5-12(8-11)17(22)23/h1-8,10H,9H2,(H,18,21)(H,22,23). The second kappa shape index (κ2) is 6.23. The molecule has 3 aromatic rings. The Hall–Kier alpha value is -3.28. The Kier molecular flexibility index (Phi) is 3.97. The minimum atomic E-state index is -0.998. The SMILES string of the molecule is O=C(O)c1cccc(CNC(=O)c2cnnc3ccccc23)c1. The lowest BCUT2D eigenvalue weighted by molar-refractivity contribution is 0.0696. The maximum atomic E-state index is 12.4. The van der Waals surface area contributed by atoms with E-state index in [0.29, 0.717) is 16.6 Å². The molecular weight excluding hydrogens is 294 g/mol. The number of aromatic nitrogens is 2. The first-order chi connectivity index (χ1) is 11.1. The van der Waals surface area contributed by atoms with Crippen LogP contribution in [0.25, 0.3) is 10.9 Å². The smallest absolute Gasteiger partial charge is 0.335 e. The number of carbonyl (C=O) groups excluding carboxylic acids is 1. The van der Waals surface area contributed by atoms with Gasteiger partial charge in [0, 0.05) is 11.9 Å². The topological polar surface area (TPSA) is 92.2 Å². The number of fused-ring (bicyclic) bond motifs is 1.